The normalized spacial score (nSPS) is 21.9. The molecule has 0 unspecified atom stereocenters. The van der Waals surface area contributed by atoms with Crippen LogP contribution in [0.5, 0.6) is 23.0 Å². The summed E-state index contributed by atoms with van der Waals surface area (Å²) in [6.45, 7) is 4.64. The molecule has 0 bridgehead atoms. The van der Waals surface area contributed by atoms with Gasteiger partial charge in [0.1, 0.15) is 6.10 Å². The van der Waals surface area contributed by atoms with Crippen LogP contribution in [0, 0.1) is 0 Å². The summed E-state index contributed by atoms with van der Waals surface area (Å²) >= 11 is 0. The van der Waals surface area contributed by atoms with Gasteiger partial charge in [-0.3, -0.25) is 0 Å². The average molecular weight is 296 g/mol. The Balaban J connectivity index is 2.23. The van der Waals surface area contributed by atoms with E-state index in [2.05, 4.69) is 0 Å². The number of phenolic OH excluding ortho intramolecular Hbond substituents is 1. The van der Waals surface area contributed by atoms with Crippen molar-refractivity contribution < 1.29 is 24.4 Å². The van der Waals surface area contributed by atoms with Crippen molar-refractivity contribution in [3.8, 4) is 23.0 Å². The smallest absolute Gasteiger partial charge is 0.165 e. The number of aliphatic hydroxyl groups excluding tert-OH is 1. The van der Waals surface area contributed by atoms with Gasteiger partial charge in [-0.05, 0) is 33.1 Å². The lowest BCUT2D eigenvalue weighted by Gasteiger charge is -2.29. The summed E-state index contributed by atoms with van der Waals surface area (Å²) in [5.74, 6) is 1.36. The first-order valence-electron chi connectivity index (χ1n) is 7.63. The molecule has 0 spiro atoms. The van der Waals surface area contributed by atoms with Gasteiger partial charge in [0.25, 0.3) is 0 Å². The Kier molecular flexibility index (Phi) is 5.56. The zero-order valence-electron chi connectivity index (χ0n) is 12.7. The van der Waals surface area contributed by atoms with Crippen LogP contribution in [-0.4, -0.2) is 35.6 Å². The third-order valence-corrected chi connectivity index (χ3v) is 3.57. The molecule has 0 radical (unpaired) electrons. The number of aliphatic hydroxyl groups is 1. The molecule has 0 amide bonds. The predicted octanol–water partition coefficient (Wildman–Crippen LogP) is 2.87. The van der Waals surface area contributed by atoms with Crippen molar-refractivity contribution in [3.05, 3.63) is 12.1 Å². The van der Waals surface area contributed by atoms with Gasteiger partial charge in [0.2, 0.25) is 0 Å². The predicted molar refractivity (Wildman–Crippen MR) is 79.3 cm³/mol. The van der Waals surface area contributed by atoms with Crippen LogP contribution in [0.4, 0.5) is 0 Å². The van der Waals surface area contributed by atoms with E-state index in [4.69, 9.17) is 14.2 Å². The van der Waals surface area contributed by atoms with E-state index in [1.807, 2.05) is 13.8 Å². The van der Waals surface area contributed by atoms with E-state index in [1.54, 1.807) is 6.07 Å². The summed E-state index contributed by atoms with van der Waals surface area (Å²) in [6.07, 6.45) is 2.94. The zero-order valence-corrected chi connectivity index (χ0v) is 12.7. The maximum Gasteiger partial charge on any atom is 0.165 e. The van der Waals surface area contributed by atoms with Gasteiger partial charge in [-0.2, -0.15) is 0 Å². The summed E-state index contributed by atoms with van der Waals surface area (Å²) in [6, 6.07) is 3.13. The van der Waals surface area contributed by atoms with Crippen molar-refractivity contribution >= 4 is 0 Å². The SMILES string of the molecule is CCOc1cc(O[C@@H]2CCCC[C@H]2O)c(OCC)cc1O. The summed E-state index contributed by atoms with van der Waals surface area (Å²) in [5.41, 5.74) is 0. The van der Waals surface area contributed by atoms with Crippen LogP contribution in [0.1, 0.15) is 39.5 Å². The highest BCUT2D eigenvalue weighted by atomic mass is 16.5. The molecule has 2 rings (SSSR count). The van der Waals surface area contributed by atoms with Crippen LogP contribution in [0.15, 0.2) is 12.1 Å². The lowest BCUT2D eigenvalue weighted by atomic mass is 9.95. The van der Waals surface area contributed by atoms with Crippen molar-refractivity contribution in [2.24, 2.45) is 0 Å². The fourth-order valence-electron chi connectivity index (χ4n) is 2.54. The second kappa shape index (κ2) is 7.41. The van der Waals surface area contributed by atoms with Crippen LogP contribution in [0.3, 0.4) is 0 Å². The minimum Gasteiger partial charge on any atom is -0.504 e. The number of aromatic hydroxyl groups is 1. The molecule has 0 aromatic heterocycles. The second-order valence-electron chi connectivity index (χ2n) is 5.14. The highest BCUT2D eigenvalue weighted by molar-refractivity contribution is 5.53. The maximum absolute atomic E-state index is 10.0. The molecule has 5 nitrogen and oxygen atoms in total. The highest BCUT2D eigenvalue weighted by Crippen LogP contribution is 2.40. The van der Waals surface area contributed by atoms with Crippen molar-refractivity contribution in [2.75, 3.05) is 13.2 Å². The standard InChI is InChI=1S/C16H24O5/c1-3-19-14-10-16(15(20-4-2)9-12(14)18)21-13-8-6-5-7-11(13)17/h9-11,13,17-18H,3-8H2,1-2H3/t11-,13-/m1/s1. The number of hydrogen-bond acceptors (Lipinski definition) is 5. The number of hydrogen-bond donors (Lipinski definition) is 2. The fourth-order valence-corrected chi connectivity index (χ4v) is 2.54. The molecule has 1 saturated carbocycles. The number of rotatable bonds is 6. The Hall–Kier alpha value is -1.62. The molecule has 0 aliphatic heterocycles. The quantitative estimate of drug-likeness (QED) is 0.845. The Morgan fingerprint density at radius 1 is 1.00 bits per heavy atom. The lowest BCUT2D eigenvalue weighted by molar-refractivity contribution is 0.00528. The van der Waals surface area contributed by atoms with Gasteiger partial charge < -0.3 is 24.4 Å². The molecule has 1 aromatic carbocycles. The Morgan fingerprint density at radius 2 is 1.67 bits per heavy atom. The molecule has 1 fully saturated rings. The molecule has 1 aliphatic carbocycles. The monoisotopic (exact) mass is 296 g/mol. The molecule has 2 atom stereocenters. The summed E-state index contributed by atoms with van der Waals surface area (Å²) in [5, 5.41) is 20.0. The maximum atomic E-state index is 10.0. The fraction of sp³-hybridized carbons (Fsp3) is 0.625. The molecular formula is C16H24O5. The molecule has 0 saturated heterocycles. The number of phenols is 1. The highest BCUT2D eigenvalue weighted by Gasteiger charge is 2.26. The summed E-state index contributed by atoms with van der Waals surface area (Å²) < 4.78 is 16.8. The number of benzene rings is 1. The molecule has 1 aliphatic rings. The van der Waals surface area contributed by atoms with Crippen LogP contribution in [-0.2, 0) is 0 Å². The van der Waals surface area contributed by atoms with Crippen molar-refractivity contribution in [3.63, 3.8) is 0 Å². The van der Waals surface area contributed by atoms with E-state index in [0.29, 0.717) is 30.5 Å². The molecule has 2 N–H and O–H groups in total. The molecule has 5 heteroatoms. The molecule has 0 heterocycles. The van der Waals surface area contributed by atoms with Gasteiger partial charge in [-0.1, -0.05) is 6.42 Å². The minimum absolute atomic E-state index is 0.0249. The van der Waals surface area contributed by atoms with Gasteiger partial charge >= 0.3 is 0 Å². The molecule has 1 aromatic rings. The van der Waals surface area contributed by atoms with Gasteiger partial charge in [0.15, 0.2) is 23.0 Å². The van der Waals surface area contributed by atoms with Gasteiger partial charge in [0.05, 0.1) is 19.3 Å². The van der Waals surface area contributed by atoms with Crippen LogP contribution >= 0.6 is 0 Å². The third-order valence-electron chi connectivity index (χ3n) is 3.57. The van der Waals surface area contributed by atoms with E-state index >= 15 is 0 Å². The number of ether oxygens (including phenoxy) is 3. The van der Waals surface area contributed by atoms with Crippen LogP contribution in [0.2, 0.25) is 0 Å². The van der Waals surface area contributed by atoms with E-state index < -0.39 is 6.10 Å². The lowest BCUT2D eigenvalue weighted by Crippen LogP contribution is -2.34. The zero-order chi connectivity index (χ0) is 15.2. The summed E-state index contributed by atoms with van der Waals surface area (Å²) in [7, 11) is 0. The van der Waals surface area contributed by atoms with E-state index in [1.165, 1.54) is 6.07 Å². The van der Waals surface area contributed by atoms with E-state index in [0.717, 1.165) is 25.7 Å². The Morgan fingerprint density at radius 3 is 2.33 bits per heavy atom. The molecule has 118 valence electrons. The van der Waals surface area contributed by atoms with Gasteiger partial charge in [-0.15, -0.1) is 0 Å². The summed E-state index contributed by atoms with van der Waals surface area (Å²) in [4.78, 5) is 0. The topological polar surface area (TPSA) is 68.2 Å². The van der Waals surface area contributed by atoms with Crippen molar-refractivity contribution in [1.29, 1.82) is 0 Å². The first-order valence-corrected chi connectivity index (χ1v) is 7.63. The first kappa shape index (κ1) is 15.8. The van der Waals surface area contributed by atoms with Gasteiger partial charge in [0, 0.05) is 12.1 Å². The van der Waals surface area contributed by atoms with Crippen LogP contribution in [0.25, 0.3) is 0 Å². The van der Waals surface area contributed by atoms with Gasteiger partial charge in [-0.25, -0.2) is 0 Å². The molecule has 21 heavy (non-hydrogen) atoms. The minimum atomic E-state index is -0.461. The van der Waals surface area contributed by atoms with Crippen molar-refractivity contribution in [2.45, 2.75) is 51.7 Å². The Bertz CT molecular complexity index is 460. The van der Waals surface area contributed by atoms with E-state index in [-0.39, 0.29) is 11.9 Å². The third kappa shape index (κ3) is 3.94. The second-order valence-corrected chi connectivity index (χ2v) is 5.14. The largest absolute Gasteiger partial charge is 0.504 e. The Labute approximate surface area is 125 Å². The van der Waals surface area contributed by atoms with Crippen LogP contribution < -0.4 is 14.2 Å². The molecular weight excluding hydrogens is 272 g/mol. The van der Waals surface area contributed by atoms with E-state index in [9.17, 15) is 10.2 Å². The average Bonchev–Trinajstić information content (AvgIpc) is 2.46. The van der Waals surface area contributed by atoms with Crippen molar-refractivity contribution in [1.82, 2.24) is 0 Å². The first-order chi connectivity index (χ1) is 10.2.